The van der Waals surface area contributed by atoms with Crippen molar-refractivity contribution in [1.29, 1.82) is 0 Å². The van der Waals surface area contributed by atoms with Gasteiger partial charge in [-0.05, 0) is 62.4 Å². The van der Waals surface area contributed by atoms with E-state index < -0.39 is 0 Å². The highest BCUT2D eigenvalue weighted by Gasteiger charge is 2.19. The normalized spacial score (nSPS) is 21.7. The molecule has 2 heteroatoms. The maximum Gasteiger partial charge on any atom is 0.0239 e. The van der Waals surface area contributed by atoms with Crippen molar-refractivity contribution in [3.05, 3.63) is 34.9 Å². The van der Waals surface area contributed by atoms with Crippen molar-refractivity contribution in [2.75, 3.05) is 19.6 Å². The maximum atomic E-state index is 5.79. The number of hydrogen-bond donors (Lipinski definition) is 1. The van der Waals surface area contributed by atoms with Crippen molar-refractivity contribution in [2.24, 2.45) is 11.7 Å². The number of hydrogen-bond acceptors (Lipinski definition) is 2. The van der Waals surface area contributed by atoms with Crippen LogP contribution in [0.15, 0.2) is 18.2 Å². The van der Waals surface area contributed by atoms with Crippen LogP contribution in [0.4, 0.5) is 0 Å². The molecule has 1 unspecified atom stereocenters. The summed E-state index contributed by atoms with van der Waals surface area (Å²) in [7, 11) is 0. The third-order valence-corrected chi connectivity index (χ3v) is 3.96. The molecule has 0 bridgehead atoms. The molecule has 94 valence electrons. The number of nitrogens with two attached hydrogens (primary N) is 1. The van der Waals surface area contributed by atoms with E-state index in [2.05, 4.69) is 36.9 Å². The molecule has 0 amide bonds. The Hall–Kier alpha value is -0.860. The van der Waals surface area contributed by atoms with Crippen molar-refractivity contribution in [2.45, 2.75) is 33.2 Å². The van der Waals surface area contributed by atoms with Gasteiger partial charge in [0.2, 0.25) is 0 Å². The Bertz CT molecular complexity index is 353. The smallest absolute Gasteiger partial charge is 0.0239 e. The molecule has 2 N–H and O–H groups in total. The third-order valence-electron chi connectivity index (χ3n) is 3.96. The van der Waals surface area contributed by atoms with Crippen LogP contribution in [-0.4, -0.2) is 24.5 Å². The Morgan fingerprint density at radius 1 is 1.29 bits per heavy atom. The van der Waals surface area contributed by atoms with Gasteiger partial charge >= 0.3 is 0 Å². The summed E-state index contributed by atoms with van der Waals surface area (Å²) in [6.07, 6.45) is 2.60. The molecule has 0 radical (unpaired) electrons. The molecule has 1 aliphatic heterocycles. The lowest BCUT2D eigenvalue weighted by Crippen LogP contribution is -2.38. The highest BCUT2D eigenvalue weighted by Crippen LogP contribution is 2.21. The summed E-state index contributed by atoms with van der Waals surface area (Å²) in [6, 6.07) is 6.58. The molecule has 1 heterocycles. The molecule has 17 heavy (non-hydrogen) atoms. The van der Waals surface area contributed by atoms with Gasteiger partial charge in [0.1, 0.15) is 0 Å². The highest BCUT2D eigenvalue weighted by molar-refractivity contribution is 5.33. The number of aryl methyl sites for hydroxylation is 2. The summed E-state index contributed by atoms with van der Waals surface area (Å²) in [5, 5.41) is 0. The lowest BCUT2D eigenvalue weighted by atomic mass is 9.96. The Morgan fingerprint density at radius 2 is 2.00 bits per heavy atom. The molecule has 0 saturated carbocycles. The molecule has 1 aromatic carbocycles. The van der Waals surface area contributed by atoms with E-state index in [1.807, 2.05) is 0 Å². The molecule has 0 aromatic heterocycles. The van der Waals surface area contributed by atoms with Crippen LogP contribution in [0, 0.1) is 19.8 Å². The summed E-state index contributed by atoms with van der Waals surface area (Å²) in [4.78, 5) is 2.57. The quantitative estimate of drug-likeness (QED) is 0.867. The fourth-order valence-electron chi connectivity index (χ4n) is 2.81. The van der Waals surface area contributed by atoms with Gasteiger partial charge in [0.05, 0.1) is 0 Å². The average molecular weight is 232 g/mol. The van der Waals surface area contributed by atoms with E-state index in [9.17, 15) is 0 Å². The number of piperidine rings is 1. The van der Waals surface area contributed by atoms with Crippen LogP contribution in [0.5, 0.6) is 0 Å². The molecule has 1 fully saturated rings. The van der Waals surface area contributed by atoms with Crippen LogP contribution in [0.1, 0.15) is 29.5 Å². The minimum Gasteiger partial charge on any atom is -0.330 e. The van der Waals surface area contributed by atoms with Gasteiger partial charge in [-0.15, -0.1) is 0 Å². The first-order valence-electron chi connectivity index (χ1n) is 6.68. The van der Waals surface area contributed by atoms with Gasteiger partial charge in [-0.3, -0.25) is 4.90 Å². The summed E-state index contributed by atoms with van der Waals surface area (Å²) in [5.74, 6) is 0.702. The van der Waals surface area contributed by atoms with Gasteiger partial charge < -0.3 is 5.73 Å². The lowest BCUT2D eigenvalue weighted by Gasteiger charge is -2.32. The molecule has 0 aliphatic carbocycles. The van der Waals surface area contributed by atoms with Crippen molar-refractivity contribution >= 4 is 0 Å². The third kappa shape index (κ3) is 3.08. The zero-order valence-electron chi connectivity index (χ0n) is 11.1. The van der Waals surface area contributed by atoms with E-state index in [1.54, 1.807) is 0 Å². The van der Waals surface area contributed by atoms with Crippen LogP contribution < -0.4 is 5.73 Å². The first-order chi connectivity index (χ1) is 8.20. The van der Waals surface area contributed by atoms with E-state index in [0.717, 1.165) is 13.1 Å². The van der Waals surface area contributed by atoms with Crippen LogP contribution in [-0.2, 0) is 6.54 Å². The monoisotopic (exact) mass is 232 g/mol. The van der Waals surface area contributed by atoms with Crippen LogP contribution >= 0.6 is 0 Å². The second kappa shape index (κ2) is 5.65. The van der Waals surface area contributed by atoms with E-state index in [-0.39, 0.29) is 0 Å². The van der Waals surface area contributed by atoms with E-state index >= 15 is 0 Å². The first-order valence-corrected chi connectivity index (χ1v) is 6.68. The Balaban J connectivity index is 2.05. The van der Waals surface area contributed by atoms with Gasteiger partial charge in [0, 0.05) is 13.1 Å². The molecule has 1 aliphatic rings. The molecule has 1 saturated heterocycles. The van der Waals surface area contributed by atoms with Gasteiger partial charge in [0.25, 0.3) is 0 Å². The van der Waals surface area contributed by atoms with Crippen molar-refractivity contribution in [1.82, 2.24) is 4.90 Å². The maximum absolute atomic E-state index is 5.79. The van der Waals surface area contributed by atoms with Crippen molar-refractivity contribution in [3.8, 4) is 0 Å². The molecule has 1 aromatic rings. The van der Waals surface area contributed by atoms with Crippen LogP contribution in [0.25, 0.3) is 0 Å². The number of rotatable bonds is 3. The summed E-state index contributed by atoms with van der Waals surface area (Å²) >= 11 is 0. The van der Waals surface area contributed by atoms with Crippen LogP contribution in [0.3, 0.4) is 0 Å². The van der Waals surface area contributed by atoms with Crippen LogP contribution in [0.2, 0.25) is 0 Å². The number of likely N-dealkylation sites (tertiary alicyclic amines) is 1. The standard InChI is InChI=1S/C15H24N2/c1-12-5-3-6-13(2)15(12)11-17-8-4-7-14(9-16)10-17/h3,5-6,14H,4,7-11,16H2,1-2H3. The predicted octanol–water partition coefficient (Wildman–Crippen LogP) is 2.47. The average Bonchev–Trinajstić information content (AvgIpc) is 2.34. The fourth-order valence-corrected chi connectivity index (χ4v) is 2.81. The molecule has 0 spiro atoms. The van der Waals surface area contributed by atoms with E-state index in [1.165, 1.54) is 42.6 Å². The zero-order chi connectivity index (χ0) is 12.3. The molecule has 2 rings (SSSR count). The van der Waals surface area contributed by atoms with Gasteiger partial charge in [-0.2, -0.15) is 0 Å². The van der Waals surface area contributed by atoms with Crippen molar-refractivity contribution < 1.29 is 0 Å². The largest absolute Gasteiger partial charge is 0.330 e. The topological polar surface area (TPSA) is 29.3 Å². The lowest BCUT2D eigenvalue weighted by molar-refractivity contribution is 0.170. The summed E-state index contributed by atoms with van der Waals surface area (Å²) < 4.78 is 0. The van der Waals surface area contributed by atoms with Gasteiger partial charge in [-0.1, -0.05) is 18.2 Å². The Morgan fingerprint density at radius 3 is 2.65 bits per heavy atom. The second-order valence-electron chi connectivity index (χ2n) is 5.35. The fraction of sp³-hybridized carbons (Fsp3) is 0.600. The minimum atomic E-state index is 0.702. The Labute approximate surface area is 105 Å². The van der Waals surface area contributed by atoms with Crippen molar-refractivity contribution in [3.63, 3.8) is 0 Å². The zero-order valence-corrected chi connectivity index (χ0v) is 11.1. The molecule has 2 nitrogen and oxygen atoms in total. The second-order valence-corrected chi connectivity index (χ2v) is 5.35. The Kier molecular flexibility index (Phi) is 4.19. The first kappa shape index (κ1) is 12.6. The van der Waals surface area contributed by atoms with E-state index in [0.29, 0.717) is 5.92 Å². The SMILES string of the molecule is Cc1cccc(C)c1CN1CCCC(CN)C1. The van der Waals surface area contributed by atoms with Gasteiger partial charge in [-0.25, -0.2) is 0 Å². The summed E-state index contributed by atoms with van der Waals surface area (Å²) in [6.45, 7) is 8.76. The molecular formula is C15H24N2. The number of nitrogens with zero attached hydrogens (tertiary/aromatic N) is 1. The molecular weight excluding hydrogens is 208 g/mol. The highest BCUT2D eigenvalue weighted by atomic mass is 15.1. The summed E-state index contributed by atoms with van der Waals surface area (Å²) in [5.41, 5.74) is 10.1. The minimum absolute atomic E-state index is 0.702. The number of benzene rings is 1. The van der Waals surface area contributed by atoms with Gasteiger partial charge in [0.15, 0.2) is 0 Å². The predicted molar refractivity (Wildman–Crippen MR) is 73.0 cm³/mol. The molecule has 1 atom stereocenters. The van der Waals surface area contributed by atoms with E-state index in [4.69, 9.17) is 5.73 Å².